The molecule has 3 aromatic heterocycles. The van der Waals surface area contributed by atoms with Gasteiger partial charge in [-0.2, -0.15) is 0 Å². The number of carbonyl (C=O) groups excluding carboxylic acids is 1. The first-order valence-corrected chi connectivity index (χ1v) is 8.03. The van der Waals surface area contributed by atoms with Gasteiger partial charge in [0.15, 0.2) is 0 Å². The van der Waals surface area contributed by atoms with E-state index in [1.807, 2.05) is 24.4 Å². The first-order chi connectivity index (χ1) is 11.1. The molecule has 3 aromatic rings. The minimum Gasteiger partial charge on any atom is -0.463 e. The molecule has 0 aliphatic rings. The largest absolute Gasteiger partial charge is 0.463 e. The molecular weight excluding hydrogens is 312 g/mol. The van der Waals surface area contributed by atoms with Gasteiger partial charge >= 0.3 is 0 Å². The Kier molecular flexibility index (Phi) is 4.16. The summed E-state index contributed by atoms with van der Waals surface area (Å²) in [5, 5.41) is 1.97. The lowest BCUT2D eigenvalue weighted by atomic mass is 10.1. The molecule has 3 heterocycles. The highest BCUT2D eigenvalue weighted by molar-refractivity contribution is 7.10. The number of amides is 1. The smallest absolute Gasteiger partial charge is 0.261 e. The Balaban J connectivity index is 1.86. The zero-order chi connectivity index (χ0) is 16.4. The second-order valence-corrected chi connectivity index (χ2v) is 6.18. The van der Waals surface area contributed by atoms with Crippen molar-refractivity contribution in [3.63, 3.8) is 0 Å². The second-order valence-electron chi connectivity index (χ2n) is 5.20. The fourth-order valence-electron chi connectivity index (χ4n) is 2.30. The second kappa shape index (κ2) is 6.26. The van der Waals surface area contributed by atoms with E-state index in [2.05, 4.69) is 4.98 Å². The molecule has 118 valence electrons. The molecule has 5 nitrogen and oxygen atoms in total. The average molecular weight is 328 g/mol. The van der Waals surface area contributed by atoms with E-state index in [4.69, 9.17) is 4.42 Å². The van der Waals surface area contributed by atoms with Gasteiger partial charge < -0.3 is 14.3 Å². The molecule has 1 amide bonds. The highest BCUT2D eigenvalue weighted by atomic mass is 32.1. The summed E-state index contributed by atoms with van der Waals surface area (Å²) in [4.78, 5) is 30.2. The van der Waals surface area contributed by atoms with Gasteiger partial charge in [0.1, 0.15) is 11.3 Å². The number of nitrogens with zero attached hydrogens (tertiary/aromatic N) is 1. The summed E-state index contributed by atoms with van der Waals surface area (Å²) >= 11 is 1.58. The Labute approximate surface area is 137 Å². The summed E-state index contributed by atoms with van der Waals surface area (Å²) < 4.78 is 5.25. The maximum Gasteiger partial charge on any atom is 0.261 e. The van der Waals surface area contributed by atoms with E-state index in [1.54, 1.807) is 41.5 Å². The number of hydrogen-bond donors (Lipinski definition) is 1. The van der Waals surface area contributed by atoms with Crippen LogP contribution in [-0.2, 0) is 0 Å². The number of aromatic nitrogens is 1. The lowest BCUT2D eigenvalue weighted by Crippen LogP contribution is -2.33. The third-order valence-electron chi connectivity index (χ3n) is 3.78. The molecule has 0 saturated heterocycles. The Morgan fingerprint density at radius 1 is 1.26 bits per heavy atom. The lowest BCUT2D eigenvalue weighted by Gasteiger charge is -2.23. The normalized spacial score (nSPS) is 12.1. The third kappa shape index (κ3) is 2.98. The molecule has 0 radical (unpaired) electrons. The highest BCUT2D eigenvalue weighted by Gasteiger charge is 2.22. The molecular formula is C17H16N2O3S. The molecule has 0 spiro atoms. The van der Waals surface area contributed by atoms with Gasteiger partial charge in [-0.15, -0.1) is 11.3 Å². The van der Waals surface area contributed by atoms with Crippen LogP contribution in [0.25, 0.3) is 11.5 Å². The molecule has 0 fully saturated rings. The van der Waals surface area contributed by atoms with Crippen molar-refractivity contribution in [1.82, 2.24) is 9.88 Å². The van der Waals surface area contributed by atoms with Gasteiger partial charge in [0.25, 0.3) is 11.5 Å². The number of pyridine rings is 1. The number of hydrogen-bond acceptors (Lipinski definition) is 4. The van der Waals surface area contributed by atoms with Crippen LogP contribution in [0.3, 0.4) is 0 Å². The van der Waals surface area contributed by atoms with Crippen LogP contribution < -0.4 is 5.56 Å². The summed E-state index contributed by atoms with van der Waals surface area (Å²) in [6.07, 6.45) is 1.53. The van der Waals surface area contributed by atoms with E-state index in [1.165, 1.54) is 12.3 Å². The van der Waals surface area contributed by atoms with Crippen molar-refractivity contribution in [3.8, 4) is 11.5 Å². The standard InChI is InChI=1S/C17H16N2O3S/c1-11(15-6-4-10-23-15)19(2)17(21)12-7-8-13(18-16(12)20)14-5-3-9-22-14/h3-11H,1-2H3,(H,18,20). The van der Waals surface area contributed by atoms with Crippen LogP contribution >= 0.6 is 11.3 Å². The Bertz CT molecular complexity index is 850. The number of H-pyrrole nitrogens is 1. The number of nitrogens with one attached hydrogen (secondary N) is 1. The van der Waals surface area contributed by atoms with E-state index in [0.29, 0.717) is 11.5 Å². The summed E-state index contributed by atoms with van der Waals surface area (Å²) in [5.41, 5.74) is 0.242. The molecule has 3 rings (SSSR count). The fourth-order valence-corrected chi connectivity index (χ4v) is 3.13. The monoisotopic (exact) mass is 328 g/mol. The maximum atomic E-state index is 12.6. The first kappa shape index (κ1) is 15.3. The van der Waals surface area contributed by atoms with Gasteiger partial charge in [-0.25, -0.2) is 0 Å². The zero-order valence-electron chi connectivity index (χ0n) is 12.8. The molecule has 1 atom stereocenters. The Morgan fingerprint density at radius 2 is 2.09 bits per heavy atom. The molecule has 1 unspecified atom stereocenters. The van der Waals surface area contributed by atoms with E-state index in [0.717, 1.165) is 4.88 Å². The summed E-state index contributed by atoms with van der Waals surface area (Å²) in [5.74, 6) is 0.250. The summed E-state index contributed by atoms with van der Waals surface area (Å²) in [6, 6.07) is 10.5. The third-order valence-corrected chi connectivity index (χ3v) is 4.83. The molecule has 6 heteroatoms. The number of furan rings is 1. The summed E-state index contributed by atoms with van der Waals surface area (Å²) in [7, 11) is 1.70. The Hall–Kier alpha value is -2.60. The van der Waals surface area contributed by atoms with Crippen LogP contribution in [-0.4, -0.2) is 22.8 Å². The van der Waals surface area contributed by atoms with E-state index in [-0.39, 0.29) is 17.5 Å². The molecule has 0 aromatic carbocycles. The van der Waals surface area contributed by atoms with Crippen molar-refractivity contribution in [2.75, 3.05) is 7.05 Å². The van der Waals surface area contributed by atoms with Gasteiger partial charge in [-0.05, 0) is 42.6 Å². The van der Waals surface area contributed by atoms with Gasteiger partial charge in [0.2, 0.25) is 0 Å². The van der Waals surface area contributed by atoms with E-state index < -0.39 is 5.56 Å². The van der Waals surface area contributed by atoms with Crippen LogP contribution in [0.4, 0.5) is 0 Å². The fraction of sp³-hybridized carbons (Fsp3) is 0.176. The number of carbonyl (C=O) groups is 1. The van der Waals surface area contributed by atoms with E-state index in [9.17, 15) is 9.59 Å². The quantitative estimate of drug-likeness (QED) is 0.797. The average Bonchev–Trinajstić information content (AvgIpc) is 3.25. The van der Waals surface area contributed by atoms with Crippen molar-refractivity contribution in [2.45, 2.75) is 13.0 Å². The van der Waals surface area contributed by atoms with Crippen molar-refractivity contribution in [1.29, 1.82) is 0 Å². The number of thiophene rings is 1. The van der Waals surface area contributed by atoms with Crippen LogP contribution in [0.2, 0.25) is 0 Å². The zero-order valence-corrected chi connectivity index (χ0v) is 13.6. The minimum absolute atomic E-state index is 0.0911. The lowest BCUT2D eigenvalue weighted by molar-refractivity contribution is 0.0743. The van der Waals surface area contributed by atoms with Crippen LogP contribution in [0.5, 0.6) is 0 Å². The highest BCUT2D eigenvalue weighted by Crippen LogP contribution is 2.24. The maximum absolute atomic E-state index is 12.6. The molecule has 0 saturated carbocycles. The van der Waals surface area contributed by atoms with Gasteiger partial charge in [0.05, 0.1) is 18.0 Å². The molecule has 0 aliphatic heterocycles. The number of rotatable bonds is 4. The van der Waals surface area contributed by atoms with Crippen molar-refractivity contribution < 1.29 is 9.21 Å². The Morgan fingerprint density at radius 3 is 2.70 bits per heavy atom. The molecule has 0 bridgehead atoms. The van der Waals surface area contributed by atoms with Crippen LogP contribution in [0, 0.1) is 0 Å². The SMILES string of the molecule is CC(c1cccs1)N(C)C(=O)c1ccc(-c2ccco2)[nH]c1=O. The van der Waals surface area contributed by atoms with Crippen molar-refractivity contribution in [2.24, 2.45) is 0 Å². The summed E-state index contributed by atoms with van der Waals surface area (Å²) in [6.45, 7) is 1.94. The molecule has 1 N–H and O–H groups in total. The topological polar surface area (TPSA) is 66.3 Å². The van der Waals surface area contributed by atoms with Gasteiger partial charge in [-0.1, -0.05) is 6.07 Å². The molecule has 0 aliphatic carbocycles. The predicted octanol–water partition coefficient (Wildman–Crippen LogP) is 3.53. The van der Waals surface area contributed by atoms with E-state index >= 15 is 0 Å². The van der Waals surface area contributed by atoms with Crippen LogP contribution in [0.1, 0.15) is 28.2 Å². The van der Waals surface area contributed by atoms with Crippen LogP contribution in [0.15, 0.2) is 57.3 Å². The van der Waals surface area contributed by atoms with Gasteiger partial charge in [-0.3, -0.25) is 9.59 Å². The van der Waals surface area contributed by atoms with Crippen molar-refractivity contribution in [3.05, 3.63) is 68.8 Å². The molecule has 23 heavy (non-hydrogen) atoms. The first-order valence-electron chi connectivity index (χ1n) is 7.15. The minimum atomic E-state index is -0.422. The number of aromatic amines is 1. The van der Waals surface area contributed by atoms with Gasteiger partial charge in [0, 0.05) is 11.9 Å². The van der Waals surface area contributed by atoms with Crippen molar-refractivity contribution >= 4 is 17.2 Å². The predicted molar refractivity (Wildman–Crippen MR) is 89.6 cm³/mol.